The molecule has 0 radical (unpaired) electrons. The molecule has 0 amide bonds. The Hall–Kier alpha value is -2.28. The molecule has 0 aromatic heterocycles. The first-order valence-electron chi connectivity index (χ1n) is 15.4. The smallest absolute Gasteiger partial charge is 0.424 e. The minimum Gasteiger partial charge on any atom is -0.424 e. The maximum Gasteiger partial charge on any atom is 0.449 e. The molecular weight excluding hydrogens is 564 g/mol. The number of hydrogen-bond donors (Lipinski definition) is 2. The van der Waals surface area contributed by atoms with E-state index in [1.807, 2.05) is 41.5 Å². The zero-order valence-electron chi connectivity index (χ0n) is 26.7. The van der Waals surface area contributed by atoms with Gasteiger partial charge in [-0.1, -0.05) is 48.5 Å². The highest BCUT2D eigenvalue weighted by molar-refractivity contribution is 6.30. The van der Waals surface area contributed by atoms with Gasteiger partial charge in [-0.15, -0.1) is 0 Å². The Kier molecular flexibility index (Phi) is 8.80. The van der Waals surface area contributed by atoms with E-state index in [1.165, 1.54) is 0 Å². The first-order chi connectivity index (χ1) is 19.8. The summed E-state index contributed by atoms with van der Waals surface area (Å²) in [7, 11) is 0. The van der Waals surface area contributed by atoms with Crippen LogP contribution in [0.15, 0.2) is 0 Å². The fourth-order valence-corrected chi connectivity index (χ4v) is 8.22. The summed E-state index contributed by atoms with van der Waals surface area (Å²) in [6.45, 7) is 15.2. The number of ether oxygens (including phenoxy) is 2. The molecular formula is C31H48O12. The molecule has 2 unspecified atom stereocenters. The largest absolute Gasteiger partial charge is 0.449 e. The molecule has 0 aromatic carbocycles. The number of fused-ring (bicyclic) bond motifs is 4. The van der Waals surface area contributed by atoms with Crippen molar-refractivity contribution < 1.29 is 58.4 Å². The van der Waals surface area contributed by atoms with Crippen molar-refractivity contribution in [3.8, 4) is 0 Å². The van der Waals surface area contributed by atoms with Crippen LogP contribution in [-0.4, -0.2) is 57.9 Å². The molecule has 4 aliphatic carbocycles. The van der Waals surface area contributed by atoms with E-state index < -0.39 is 58.5 Å². The van der Waals surface area contributed by atoms with Gasteiger partial charge in [0.05, 0.1) is 0 Å². The van der Waals surface area contributed by atoms with Crippen molar-refractivity contribution in [2.75, 3.05) is 0 Å². The lowest BCUT2D eigenvalue weighted by atomic mass is 9.68. The molecule has 43 heavy (non-hydrogen) atoms. The summed E-state index contributed by atoms with van der Waals surface area (Å²) in [5.41, 5.74) is -1.88. The molecule has 12 heteroatoms. The van der Waals surface area contributed by atoms with Gasteiger partial charge in [-0.25, -0.2) is 19.2 Å². The number of carbonyl (C=O) groups excluding carboxylic acids is 4. The number of hydrogen-bond acceptors (Lipinski definition) is 12. The van der Waals surface area contributed by atoms with E-state index in [-0.39, 0.29) is 48.3 Å². The van der Waals surface area contributed by atoms with Gasteiger partial charge in [0, 0.05) is 23.7 Å². The number of aliphatic hydroxyl groups is 2. The fraction of sp³-hybridized carbons (Fsp3) is 0.871. The van der Waals surface area contributed by atoms with E-state index in [0.717, 1.165) is 12.8 Å². The van der Waals surface area contributed by atoms with Crippen LogP contribution >= 0.6 is 0 Å². The van der Waals surface area contributed by atoms with Crippen LogP contribution in [0, 0.1) is 33.5 Å². The van der Waals surface area contributed by atoms with Gasteiger partial charge in [-0.3, -0.25) is 9.78 Å². The molecule has 0 aromatic rings. The Morgan fingerprint density at radius 3 is 1.47 bits per heavy atom. The Labute approximate surface area is 252 Å². The molecule has 244 valence electrons. The second-order valence-electron chi connectivity index (χ2n) is 14.7. The minimum atomic E-state index is -1.76. The predicted molar refractivity (Wildman–Crippen MR) is 148 cm³/mol. The highest BCUT2D eigenvalue weighted by Gasteiger charge is 2.72. The maximum absolute atomic E-state index is 12.5. The summed E-state index contributed by atoms with van der Waals surface area (Å²) >= 11 is 0. The molecule has 4 bridgehead atoms. The van der Waals surface area contributed by atoms with Crippen LogP contribution in [-0.2, 0) is 48.2 Å². The van der Waals surface area contributed by atoms with Crippen LogP contribution < -0.4 is 0 Å². The normalized spacial score (nSPS) is 37.9. The van der Waals surface area contributed by atoms with Crippen molar-refractivity contribution in [2.45, 2.75) is 137 Å². The molecule has 0 heterocycles. The average Bonchev–Trinajstić information content (AvgIpc) is 3.41. The summed E-state index contributed by atoms with van der Waals surface area (Å²) in [6.07, 6.45) is 3.37. The summed E-state index contributed by atoms with van der Waals surface area (Å²) in [5, 5.41) is 22.3. The van der Waals surface area contributed by atoms with Crippen molar-refractivity contribution in [3.63, 3.8) is 0 Å². The molecule has 4 saturated carbocycles. The monoisotopic (exact) mass is 612 g/mol. The fourth-order valence-electron chi connectivity index (χ4n) is 8.22. The predicted octanol–water partition coefficient (Wildman–Crippen LogP) is 4.04. The lowest BCUT2D eigenvalue weighted by Crippen LogP contribution is -2.51. The second-order valence-corrected chi connectivity index (χ2v) is 14.7. The quantitative estimate of drug-likeness (QED) is 0.120. The summed E-state index contributed by atoms with van der Waals surface area (Å²) in [6, 6.07) is 0. The van der Waals surface area contributed by atoms with E-state index in [2.05, 4.69) is 4.89 Å². The molecule has 12 nitrogen and oxygen atoms in total. The molecule has 4 fully saturated rings. The first-order valence-corrected chi connectivity index (χ1v) is 15.4. The molecule has 2 N–H and O–H groups in total. The van der Waals surface area contributed by atoms with Gasteiger partial charge >= 0.3 is 23.9 Å². The molecule has 0 aliphatic heterocycles. The highest BCUT2D eigenvalue weighted by atomic mass is 17.2. The van der Waals surface area contributed by atoms with E-state index >= 15 is 0 Å². The third-order valence-corrected chi connectivity index (χ3v) is 12.4. The zero-order valence-corrected chi connectivity index (χ0v) is 26.7. The van der Waals surface area contributed by atoms with Crippen molar-refractivity contribution in [1.82, 2.24) is 0 Å². The molecule has 4 aliphatic rings. The molecule has 4 rings (SSSR count). The van der Waals surface area contributed by atoms with Crippen LogP contribution in [0.4, 0.5) is 0 Å². The SMILES string of the molecule is CCC(CCC(C)OOC(=O)C(=O)O[C@]1(O)C[C@H]2CC[C@]1(C)C2(C)C)OOC(=O)C(=O)O[C@]1(O)C[C@H]2CC[C@]1(C)C2(C)C. The summed E-state index contributed by atoms with van der Waals surface area (Å²) < 4.78 is 10.6. The van der Waals surface area contributed by atoms with Crippen molar-refractivity contribution in [3.05, 3.63) is 0 Å². The van der Waals surface area contributed by atoms with Crippen molar-refractivity contribution in [1.29, 1.82) is 0 Å². The van der Waals surface area contributed by atoms with Crippen molar-refractivity contribution in [2.24, 2.45) is 33.5 Å². The van der Waals surface area contributed by atoms with Gasteiger partial charge in [-0.2, -0.15) is 9.78 Å². The van der Waals surface area contributed by atoms with E-state index in [4.69, 9.17) is 24.1 Å². The standard InChI is InChI=1S/C31H48O12/c1-9-21(41-43-25(35)23(33)39-31(37)17-20-13-15-29(31,8)27(20,5)6)11-10-18(2)40-42-24(34)22(32)38-30(36)16-19-12-14-28(30,7)26(19,3)4/h18-21,36-37H,9-17H2,1-8H3/t18?,19-,20-,21?,28-,29-,30-,31-/m1/s1. The van der Waals surface area contributed by atoms with E-state index in [1.54, 1.807) is 13.8 Å². The molecule has 0 spiro atoms. The Bertz CT molecular complexity index is 1130. The lowest BCUT2D eigenvalue weighted by molar-refractivity contribution is -0.313. The lowest BCUT2D eigenvalue weighted by Gasteiger charge is -2.43. The Morgan fingerprint density at radius 1 is 0.698 bits per heavy atom. The average molecular weight is 613 g/mol. The first kappa shape index (κ1) is 33.6. The van der Waals surface area contributed by atoms with Crippen molar-refractivity contribution >= 4 is 23.9 Å². The van der Waals surface area contributed by atoms with Gasteiger partial charge in [-0.05, 0) is 74.5 Å². The van der Waals surface area contributed by atoms with Gasteiger partial charge in [0.2, 0.25) is 11.6 Å². The maximum atomic E-state index is 12.5. The Morgan fingerprint density at radius 2 is 1.12 bits per heavy atom. The third-order valence-electron chi connectivity index (χ3n) is 12.4. The number of esters is 2. The van der Waals surface area contributed by atoms with Crippen LogP contribution in [0.25, 0.3) is 0 Å². The second kappa shape index (κ2) is 11.3. The van der Waals surface area contributed by atoms with E-state index in [9.17, 15) is 29.4 Å². The highest BCUT2D eigenvalue weighted by Crippen LogP contribution is 2.71. The van der Waals surface area contributed by atoms with Gasteiger partial charge < -0.3 is 19.7 Å². The van der Waals surface area contributed by atoms with Gasteiger partial charge in [0.25, 0.3) is 0 Å². The Balaban J connectivity index is 1.17. The van der Waals surface area contributed by atoms with Crippen LogP contribution in [0.5, 0.6) is 0 Å². The number of carbonyl (C=O) groups is 4. The molecule has 8 atom stereocenters. The van der Waals surface area contributed by atoms with Crippen LogP contribution in [0.2, 0.25) is 0 Å². The summed E-state index contributed by atoms with van der Waals surface area (Å²) in [5.74, 6) is -8.60. The van der Waals surface area contributed by atoms with Gasteiger partial charge in [0.15, 0.2) is 0 Å². The zero-order chi connectivity index (χ0) is 32.2. The van der Waals surface area contributed by atoms with Gasteiger partial charge in [0.1, 0.15) is 12.2 Å². The topological polar surface area (TPSA) is 164 Å². The van der Waals surface area contributed by atoms with Crippen LogP contribution in [0.3, 0.4) is 0 Å². The minimum absolute atomic E-state index is 0.172. The third kappa shape index (κ3) is 5.36. The van der Waals surface area contributed by atoms with E-state index in [0.29, 0.717) is 19.3 Å². The summed E-state index contributed by atoms with van der Waals surface area (Å²) in [4.78, 5) is 69.0. The number of rotatable bonds is 10. The molecule has 0 saturated heterocycles. The van der Waals surface area contributed by atoms with Crippen LogP contribution in [0.1, 0.15) is 113 Å².